The van der Waals surface area contributed by atoms with Gasteiger partial charge in [0.1, 0.15) is 12.4 Å². The van der Waals surface area contributed by atoms with Crippen molar-refractivity contribution in [3.05, 3.63) is 42.1 Å². The first kappa shape index (κ1) is 17.8. The number of primary amides is 1. The van der Waals surface area contributed by atoms with Crippen LogP contribution in [0.4, 0.5) is 11.5 Å². The fourth-order valence-electron chi connectivity index (χ4n) is 2.88. The molecule has 1 amide bonds. The van der Waals surface area contributed by atoms with Crippen molar-refractivity contribution in [1.29, 1.82) is 0 Å². The van der Waals surface area contributed by atoms with Crippen molar-refractivity contribution < 1.29 is 24.1 Å². The summed E-state index contributed by atoms with van der Waals surface area (Å²) < 4.78 is 16.8. The Balaban J connectivity index is 1.82. The third-order valence-electron chi connectivity index (χ3n) is 4.23. The summed E-state index contributed by atoms with van der Waals surface area (Å²) in [5, 5.41) is 12.5. The molecule has 4 N–H and O–H groups in total. The first-order chi connectivity index (χ1) is 13.6. The minimum atomic E-state index is -0.720. The molecule has 1 aliphatic heterocycles. The van der Waals surface area contributed by atoms with Gasteiger partial charge in [-0.3, -0.25) is 4.79 Å². The molecule has 2 aromatic carbocycles. The molecule has 0 spiro atoms. The summed E-state index contributed by atoms with van der Waals surface area (Å²) in [7, 11) is 1.52. The van der Waals surface area contributed by atoms with Crippen molar-refractivity contribution in [3.8, 4) is 17.2 Å². The number of aliphatic hydroxyl groups is 1. The zero-order valence-corrected chi connectivity index (χ0v) is 15.0. The molecule has 0 bridgehead atoms. The van der Waals surface area contributed by atoms with Crippen LogP contribution in [-0.2, 0) is 0 Å². The number of hydrogen-bond acceptors (Lipinski definition) is 8. The van der Waals surface area contributed by atoms with E-state index in [1.54, 1.807) is 30.3 Å². The molecular formula is C19H18N4O5. The van der Waals surface area contributed by atoms with Gasteiger partial charge in [0.05, 0.1) is 30.4 Å². The van der Waals surface area contributed by atoms with E-state index in [1.807, 2.05) is 6.07 Å². The Labute approximate surface area is 160 Å². The van der Waals surface area contributed by atoms with E-state index in [0.29, 0.717) is 34.0 Å². The zero-order chi connectivity index (χ0) is 19.7. The maximum atomic E-state index is 11.9. The molecule has 0 saturated heterocycles. The zero-order valence-electron chi connectivity index (χ0n) is 15.0. The van der Waals surface area contributed by atoms with Gasteiger partial charge >= 0.3 is 0 Å². The molecule has 1 aliphatic rings. The van der Waals surface area contributed by atoms with Crippen LogP contribution in [0.1, 0.15) is 10.5 Å². The van der Waals surface area contributed by atoms with E-state index in [4.69, 9.17) is 19.9 Å². The number of fused-ring (bicyclic) bond motifs is 2. The van der Waals surface area contributed by atoms with E-state index in [0.717, 1.165) is 0 Å². The second-order valence-corrected chi connectivity index (χ2v) is 6.13. The molecule has 0 saturated carbocycles. The fourth-order valence-corrected chi connectivity index (χ4v) is 2.88. The molecule has 2 heterocycles. The maximum absolute atomic E-state index is 11.9. The molecule has 1 atom stereocenters. The van der Waals surface area contributed by atoms with Crippen molar-refractivity contribution in [3.63, 3.8) is 0 Å². The van der Waals surface area contributed by atoms with Gasteiger partial charge in [-0.15, -0.1) is 0 Å². The van der Waals surface area contributed by atoms with Gasteiger partial charge in [-0.2, -0.15) is 0 Å². The number of carbonyl (C=O) groups excluding carboxylic acids is 1. The number of rotatable bonds is 5. The lowest BCUT2D eigenvalue weighted by Gasteiger charge is -2.27. The lowest BCUT2D eigenvalue weighted by molar-refractivity contribution is 0.0462. The summed E-state index contributed by atoms with van der Waals surface area (Å²) >= 11 is 0. The number of methoxy groups -OCH3 is 1. The van der Waals surface area contributed by atoms with Crippen LogP contribution in [0.5, 0.6) is 17.2 Å². The summed E-state index contributed by atoms with van der Waals surface area (Å²) in [5.74, 6) is 0.790. The molecule has 4 rings (SSSR count). The van der Waals surface area contributed by atoms with E-state index < -0.39 is 12.0 Å². The molecule has 0 fully saturated rings. The highest BCUT2D eigenvalue weighted by molar-refractivity contribution is 5.98. The van der Waals surface area contributed by atoms with E-state index in [1.165, 1.54) is 7.11 Å². The summed E-state index contributed by atoms with van der Waals surface area (Å²) in [6.45, 7) is 0.00560. The highest BCUT2D eigenvalue weighted by Crippen LogP contribution is 2.43. The van der Waals surface area contributed by atoms with Gasteiger partial charge < -0.3 is 30.4 Å². The van der Waals surface area contributed by atoms with Crippen LogP contribution in [0.25, 0.3) is 11.0 Å². The quantitative estimate of drug-likeness (QED) is 0.607. The van der Waals surface area contributed by atoms with Crippen LogP contribution in [0, 0.1) is 0 Å². The molecule has 0 radical (unpaired) electrons. The molecule has 1 aromatic heterocycles. The largest absolute Gasteiger partial charge is 0.497 e. The van der Waals surface area contributed by atoms with Gasteiger partial charge in [-0.1, -0.05) is 12.1 Å². The van der Waals surface area contributed by atoms with Crippen LogP contribution < -0.4 is 25.3 Å². The van der Waals surface area contributed by atoms with Crippen molar-refractivity contribution in [2.45, 2.75) is 6.10 Å². The van der Waals surface area contributed by atoms with E-state index in [2.05, 4.69) is 15.3 Å². The number of hydrogen-bond donors (Lipinski definition) is 3. The predicted octanol–water partition coefficient (Wildman–Crippen LogP) is 1.61. The number of amides is 1. The molecule has 28 heavy (non-hydrogen) atoms. The molecule has 9 nitrogen and oxygen atoms in total. The molecular weight excluding hydrogens is 364 g/mol. The number of aliphatic hydroxyl groups excluding tert-OH is 1. The molecule has 3 aromatic rings. The first-order valence-electron chi connectivity index (χ1n) is 8.55. The number of nitrogens with one attached hydrogen (secondary N) is 1. The third-order valence-corrected chi connectivity index (χ3v) is 4.23. The van der Waals surface area contributed by atoms with Gasteiger partial charge in [0.25, 0.3) is 5.91 Å². The smallest absolute Gasteiger partial charge is 0.271 e. The Morgan fingerprint density at radius 3 is 2.75 bits per heavy atom. The Hall–Kier alpha value is -3.59. The number of benzene rings is 2. The summed E-state index contributed by atoms with van der Waals surface area (Å²) in [4.78, 5) is 20.7. The number of nitrogens with two attached hydrogens (primary N) is 1. The van der Waals surface area contributed by atoms with Gasteiger partial charge in [-0.05, 0) is 12.1 Å². The summed E-state index contributed by atoms with van der Waals surface area (Å²) in [6.07, 6.45) is -0.514. The van der Waals surface area contributed by atoms with E-state index in [9.17, 15) is 9.90 Å². The Morgan fingerprint density at radius 1 is 1.32 bits per heavy atom. The predicted molar refractivity (Wildman–Crippen MR) is 101 cm³/mol. The number of ether oxygens (including phenoxy) is 3. The highest BCUT2D eigenvalue weighted by Gasteiger charge is 2.26. The van der Waals surface area contributed by atoms with Gasteiger partial charge in [0.15, 0.2) is 29.1 Å². The first-order valence-corrected chi connectivity index (χ1v) is 8.55. The summed E-state index contributed by atoms with van der Waals surface area (Å²) in [5.41, 5.74) is 7.08. The molecule has 0 aliphatic carbocycles. The normalized spacial score (nSPS) is 15.3. The number of nitrogens with zero attached hydrogens (tertiary/aromatic N) is 2. The lowest BCUT2D eigenvalue weighted by Crippen LogP contribution is -2.32. The van der Waals surface area contributed by atoms with Crippen LogP contribution in [0.2, 0.25) is 0 Å². The van der Waals surface area contributed by atoms with Crippen molar-refractivity contribution in [1.82, 2.24) is 9.97 Å². The maximum Gasteiger partial charge on any atom is 0.271 e. The number of para-hydroxylation sites is 2. The average Bonchev–Trinajstić information content (AvgIpc) is 2.72. The van der Waals surface area contributed by atoms with Crippen LogP contribution in [0.15, 0.2) is 36.4 Å². The Bertz CT molecular complexity index is 1060. The van der Waals surface area contributed by atoms with Crippen molar-refractivity contribution in [2.24, 2.45) is 5.73 Å². The summed E-state index contributed by atoms with van der Waals surface area (Å²) in [6, 6.07) is 10.5. The second-order valence-electron chi connectivity index (χ2n) is 6.13. The van der Waals surface area contributed by atoms with Crippen molar-refractivity contribution >= 4 is 28.4 Å². The topological polar surface area (TPSA) is 129 Å². The minimum absolute atomic E-state index is 0.00861. The number of aromatic nitrogens is 2. The van der Waals surface area contributed by atoms with Crippen LogP contribution in [-0.4, -0.2) is 47.4 Å². The standard InChI is InChI=1S/C19H18N4O5/c1-26-10-6-14(17-15(7-10)27-9-11(8-24)28-17)23-19-16(18(20)25)21-12-4-2-3-5-13(12)22-19/h2-7,11,24H,8-9H2,1H3,(H2,20,25)(H,22,23). The van der Waals surface area contributed by atoms with Gasteiger partial charge in [-0.25, -0.2) is 9.97 Å². The van der Waals surface area contributed by atoms with Crippen LogP contribution in [0.3, 0.4) is 0 Å². The number of anilines is 2. The van der Waals surface area contributed by atoms with Gasteiger partial charge in [0, 0.05) is 12.1 Å². The monoisotopic (exact) mass is 382 g/mol. The van der Waals surface area contributed by atoms with Gasteiger partial charge in [0.2, 0.25) is 0 Å². The molecule has 144 valence electrons. The Morgan fingerprint density at radius 2 is 2.07 bits per heavy atom. The second kappa shape index (κ2) is 7.20. The van der Waals surface area contributed by atoms with E-state index in [-0.39, 0.29) is 24.7 Å². The third kappa shape index (κ3) is 3.23. The van der Waals surface area contributed by atoms with E-state index >= 15 is 0 Å². The lowest BCUT2D eigenvalue weighted by atomic mass is 10.2. The average molecular weight is 382 g/mol. The Kier molecular flexibility index (Phi) is 4.58. The molecule has 9 heteroatoms. The van der Waals surface area contributed by atoms with Crippen LogP contribution >= 0.6 is 0 Å². The molecule has 1 unspecified atom stereocenters. The minimum Gasteiger partial charge on any atom is -0.497 e. The highest BCUT2D eigenvalue weighted by atomic mass is 16.6. The van der Waals surface area contributed by atoms with Crippen molar-refractivity contribution in [2.75, 3.05) is 25.6 Å². The fraction of sp³-hybridized carbons (Fsp3) is 0.211. The SMILES string of the molecule is COc1cc(Nc2nc3ccccc3nc2C(N)=O)c2c(c1)OCC(CO)O2. The number of carbonyl (C=O) groups is 1.